The molecule has 0 aromatic heterocycles. The first-order chi connectivity index (χ1) is 18.3. The van der Waals surface area contributed by atoms with E-state index in [1.54, 1.807) is 0 Å². The maximum atomic E-state index is 11.9. The number of rotatable bonds is 32. The van der Waals surface area contributed by atoms with Gasteiger partial charge in [-0.3, -0.25) is 4.79 Å². The maximum Gasteiger partial charge on any atom is 0.306 e. The third kappa shape index (κ3) is 33.8. The lowest BCUT2D eigenvalue weighted by Gasteiger charge is -2.06. The molecule has 0 aliphatic carbocycles. The molecule has 2 nitrogen and oxygen atoms in total. The molecule has 0 aromatic rings. The highest BCUT2D eigenvalue weighted by molar-refractivity contribution is 7.99. The van der Waals surface area contributed by atoms with Crippen LogP contribution in [0.25, 0.3) is 0 Å². The van der Waals surface area contributed by atoms with E-state index in [2.05, 4.69) is 13.8 Å². The van der Waals surface area contributed by atoms with Crippen LogP contribution in [0, 0.1) is 0 Å². The Morgan fingerprint density at radius 2 is 0.757 bits per heavy atom. The largest absolute Gasteiger partial charge is 0.466 e. The zero-order valence-corrected chi connectivity index (χ0v) is 26.5. The summed E-state index contributed by atoms with van der Waals surface area (Å²) in [6.45, 7) is 5.20. The summed E-state index contributed by atoms with van der Waals surface area (Å²) in [5, 5.41) is 0. The van der Waals surface area contributed by atoms with Gasteiger partial charge in [0, 0.05) is 5.75 Å². The Balaban J connectivity index is 3.13. The van der Waals surface area contributed by atoms with Gasteiger partial charge in [-0.25, -0.2) is 0 Å². The molecule has 0 rings (SSSR count). The number of carbonyl (C=O) groups excluding carboxylic acids is 1. The van der Waals surface area contributed by atoms with Crippen LogP contribution < -0.4 is 0 Å². The third-order valence-corrected chi connectivity index (χ3v) is 8.67. The standard InChI is InChI=1S/C34H68O2S/c1-3-5-7-9-11-13-15-16-17-18-19-21-23-25-27-29-32-37-33-30-34(35)36-31-28-26-24-22-20-14-12-10-8-6-4-2/h3-33H2,1-2H3. The number of esters is 1. The first-order valence-electron chi connectivity index (χ1n) is 17.0. The van der Waals surface area contributed by atoms with Crippen molar-refractivity contribution in [1.29, 1.82) is 0 Å². The van der Waals surface area contributed by atoms with Crippen LogP contribution >= 0.6 is 11.8 Å². The summed E-state index contributed by atoms with van der Waals surface area (Å²) in [5.74, 6) is 2.13. The summed E-state index contributed by atoms with van der Waals surface area (Å²) < 4.78 is 5.41. The van der Waals surface area contributed by atoms with Gasteiger partial charge in [0.05, 0.1) is 13.0 Å². The number of hydrogen-bond acceptors (Lipinski definition) is 3. The third-order valence-electron chi connectivity index (χ3n) is 7.60. The Morgan fingerprint density at radius 1 is 0.432 bits per heavy atom. The normalized spacial score (nSPS) is 11.3. The highest BCUT2D eigenvalue weighted by Crippen LogP contribution is 2.15. The monoisotopic (exact) mass is 540 g/mol. The molecule has 0 N–H and O–H groups in total. The minimum absolute atomic E-state index is 0.00607. The second kappa shape index (κ2) is 33.8. The predicted octanol–water partition coefficient (Wildman–Crippen LogP) is 12.2. The summed E-state index contributed by atoms with van der Waals surface area (Å²) in [6, 6.07) is 0. The maximum absolute atomic E-state index is 11.9. The lowest BCUT2D eigenvalue weighted by Crippen LogP contribution is -2.07. The molecule has 37 heavy (non-hydrogen) atoms. The van der Waals surface area contributed by atoms with E-state index in [0.717, 1.165) is 12.2 Å². The fourth-order valence-corrected chi connectivity index (χ4v) is 5.96. The van der Waals surface area contributed by atoms with Gasteiger partial charge in [-0.2, -0.15) is 11.8 Å². The Bertz CT molecular complexity index is 426. The molecule has 222 valence electrons. The number of carbonyl (C=O) groups is 1. The van der Waals surface area contributed by atoms with Gasteiger partial charge in [0.1, 0.15) is 0 Å². The molecule has 0 unspecified atom stereocenters. The van der Waals surface area contributed by atoms with Crippen molar-refractivity contribution in [3.63, 3.8) is 0 Å². The topological polar surface area (TPSA) is 26.3 Å². The molecule has 0 bridgehead atoms. The molecule has 0 aliphatic heterocycles. The summed E-state index contributed by atoms with van der Waals surface area (Å²) in [5.41, 5.74) is 0. The highest BCUT2D eigenvalue weighted by Gasteiger charge is 2.03. The second-order valence-electron chi connectivity index (χ2n) is 11.4. The number of ether oxygens (including phenoxy) is 1. The molecule has 3 heteroatoms. The summed E-state index contributed by atoms with van der Waals surface area (Å²) in [7, 11) is 0. The summed E-state index contributed by atoms with van der Waals surface area (Å²) in [4.78, 5) is 11.9. The molecular weight excluding hydrogens is 472 g/mol. The van der Waals surface area contributed by atoms with Gasteiger partial charge in [-0.15, -0.1) is 0 Å². The average molecular weight is 541 g/mol. The van der Waals surface area contributed by atoms with E-state index in [9.17, 15) is 4.79 Å². The molecular formula is C34H68O2S. The molecule has 0 radical (unpaired) electrons. The van der Waals surface area contributed by atoms with Crippen molar-refractivity contribution in [1.82, 2.24) is 0 Å². The number of hydrogen-bond donors (Lipinski definition) is 0. The lowest BCUT2D eigenvalue weighted by molar-refractivity contribution is -0.143. The van der Waals surface area contributed by atoms with E-state index < -0.39 is 0 Å². The molecule has 0 aromatic carbocycles. The zero-order valence-electron chi connectivity index (χ0n) is 25.6. The van der Waals surface area contributed by atoms with Crippen LogP contribution in [-0.4, -0.2) is 24.1 Å². The zero-order chi connectivity index (χ0) is 26.9. The van der Waals surface area contributed by atoms with Gasteiger partial charge >= 0.3 is 5.97 Å². The first-order valence-corrected chi connectivity index (χ1v) is 18.2. The number of unbranched alkanes of at least 4 members (excludes halogenated alkanes) is 25. The van der Waals surface area contributed by atoms with E-state index in [4.69, 9.17) is 4.74 Å². The van der Waals surface area contributed by atoms with Crippen molar-refractivity contribution in [3.8, 4) is 0 Å². The quantitative estimate of drug-likeness (QED) is 0.0626. The SMILES string of the molecule is CCCCCCCCCCCCCCCCCCSCCC(=O)OCCCCCCCCCCCCC. The van der Waals surface area contributed by atoms with E-state index in [-0.39, 0.29) is 5.97 Å². The van der Waals surface area contributed by atoms with Crippen molar-refractivity contribution in [2.75, 3.05) is 18.1 Å². The lowest BCUT2D eigenvalue weighted by atomic mass is 10.0. The smallest absolute Gasteiger partial charge is 0.306 e. The van der Waals surface area contributed by atoms with E-state index in [1.807, 2.05) is 11.8 Å². The van der Waals surface area contributed by atoms with E-state index >= 15 is 0 Å². The van der Waals surface area contributed by atoms with Crippen molar-refractivity contribution in [2.45, 2.75) is 194 Å². The van der Waals surface area contributed by atoms with Crippen LogP contribution in [0.4, 0.5) is 0 Å². The molecule has 0 atom stereocenters. The van der Waals surface area contributed by atoms with E-state index in [0.29, 0.717) is 13.0 Å². The molecule has 0 fully saturated rings. The molecule has 0 amide bonds. The van der Waals surface area contributed by atoms with Crippen LogP contribution in [0.1, 0.15) is 194 Å². The van der Waals surface area contributed by atoms with Gasteiger partial charge in [-0.05, 0) is 18.6 Å². The van der Waals surface area contributed by atoms with Crippen LogP contribution in [0.2, 0.25) is 0 Å². The molecule has 0 saturated heterocycles. The van der Waals surface area contributed by atoms with Crippen LogP contribution in [0.3, 0.4) is 0 Å². The predicted molar refractivity (Wildman–Crippen MR) is 169 cm³/mol. The minimum Gasteiger partial charge on any atom is -0.466 e. The van der Waals surface area contributed by atoms with Crippen LogP contribution in [0.15, 0.2) is 0 Å². The summed E-state index contributed by atoms with van der Waals surface area (Å²) in [6.07, 6.45) is 38.0. The second-order valence-corrected chi connectivity index (χ2v) is 12.6. The first kappa shape index (κ1) is 36.8. The Labute approximate surface area is 238 Å². The van der Waals surface area contributed by atoms with E-state index in [1.165, 1.54) is 173 Å². The van der Waals surface area contributed by atoms with Gasteiger partial charge in [0.25, 0.3) is 0 Å². The fourth-order valence-electron chi connectivity index (χ4n) is 5.03. The summed E-state index contributed by atoms with van der Waals surface area (Å²) >= 11 is 1.93. The Morgan fingerprint density at radius 3 is 1.14 bits per heavy atom. The highest BCUT2D eigenvalue weighted by atomic mass is 32.2. The Hall–Kier alpha value is -0.180. The van der Waals surface area contributed by atoms with Gasteiger partial charge in [0.2, 0.25) is 0 Å². The molecule has 0 heterocycles. The molecule has 0 saturated carbocycles. The van der Waals surface area contributed by atoms with Crippen molar-refractivity contribution < 1.29 is 9.53 Å². The minimum atomic E-state index is 0.00607. The van der Waals surface area contributed by atoms with Gasteiger partial charge in [0.15, 0.2) is 0 Å². The Kier molecular flexibility index (Phi) is 33.7. The van der Waals surface area contributed by atoms with Crippen molar-refractivity contribution in [3.05, 3.63) is 0 Å². The molecule has 0 spiro atoms. The van der Waals surface area contributed by atoms with Gasteiger partial charge in [-0.1, -0.05) is 174 Å². The molecule has 0 aliphatic rings. The number of thioether (sulfide) groups is 1. The van der Waals surface area contributed by atoms with Crippen LogP contribution in [-0.2, 0) is 9.53 Å². The van der Waals surface area contributed by atoms with Crippen molar-refractivity contribution in [2.24, 2.45) is 0 Å². The average Bonchev–Trinajstić information content (AvgIpc) is 2.90. The fraction of sp³-hybridized carbons (Fsp3) is 0.971. The van der Waals surface area contributed by atoms with Crippen LogP contribution in [0.5, 0.6) is 0 Å². The van der Waals surface area contributed by atoms with Gasteiger partial charge < -0.3 is 4.74 Å². The van der Waals surface area contributed by atoms with Crippen molar-refractivity contribution >= 4 is 17.7 Å².